The highest BCUT2D eigenvalue weighted by Crippen LogP contribution is 2.19. The van der Waals surface area contributed by atoms with Crippen LogP contribution in [0, 0.1) is 0 Å². The number of nitrogens with one attached hydrogen (secondary N) is 1. The molecule has 0 atom stereocenters. The molecule has 0 aliphatic heterocycles. The van der Waals surface area contributed by atoms with Gasteiger partial charge in [-0.25, -0.2) is 4.98 Å². The fourth-order valence-corrected chi connectivity index (χ4v) is 3.56. The molecule has 0 aliphatic carbocycles. The van der Waals surface area contributed by atoms with Crippen LogP contribution in [0.25, 0.3) is 17.0 Å². The second kappa shape index (κ2) is 9.91. The molecule has 0 bridgehead atoms. The third-order valence-electron chi connectivity index (χ3n) is 5.41. The van der Waals surface area contributed by atoms with Crippen LogP contribution in [-0.2, 0) is 29.6 Å². The van der Waals surface area contributed by atoms with Gasteiger partial charge in [-0.2, -0.15) is 0 Å². The molecule has 0 aliphatic rings. The van der Waals surface area contributed by atoms with E-state index in [4.69, 9.17) is 0 Å². The lowest BCUT2D eigenvalue weighted by atomic mass is 10.2. The van der Waals surface area contributed by atoms with Crippen LogP contribution in [0.5, 0.6) is 0 Å². The molecule has 0 unspecified atom stereocenters. The fraction of sp³-hybridized carbons (Fsp3) is 0.154. The monoisotopic (exact) mass is 439 g/mol. The first-order valence-electron chi connectivity index (χ1n) is 10.6. The Morgan fingerprint density at radius 1 is 1.09 bits per heavy atom. The van der Waals surface area contributed by atoms with Crippen LogP contribution in [-0.4, -0.2) is 38.3 Å². The van der Waals surface area contributed by atoms with Crippen molar-refractivity contribution in [3.05, 3.63) is 96.1 Å². The van der Waals surface area contributed by atoms with E-state index in [2.05, 4.69) is 38.1 Å². The topological polar surface area (TPSA) is 80.1 Å². The maximum Gasteiger partial charge on any atom is 0.246 e. The van der Waals surface area contributed by atoms with E-state index in [1.807, 2.05) is 25.2 Å². The minimum absolute atomic E-state index is 0.102. The maximum atomic E-state index is 12.6. The third-order valence-corrected chi connectivity index (χ3v) is 5.41. The van der Waals surface area contributed by atoms with Gasteiger partial charge in [-0.3, -0.25) is 14.6 Å². The van der Waals surface area contributed by atoms with Crippen molar-refractivity contribution in [3.63, 3.8) is 0 Å². The molecule has 3 aromatic heterocycles. The van der Waals surface area contributed by atoms with Crippen molar-refractivity contribution in [1.29, 1.82) is 0 Å². The van der Waals surface area contributed by atoms with Gasteiger partial charge in [-0.15, -0.1) is 0 Å². The largest absolute Gasteiger partial charge is 0.346 e. The number of benzene rings is 1. The van der Waals surface area contributed by atoms with Gasteiger partial charge >= 0.3 is 0 Å². The molecule has 7 heteroatoms. The molecule has 2 amide bonds. The number of nitrogens with zero attached hydrogens (tertiary/aromatic N) is 4. The number of para-hydroxylation sites is 1. The van der Waals surface area contributed by atoms with Gasteiger partial charge in [0.1, 0.15) is 5.82 Å². The van der Waals surface area contributed by atoms with E-state index in [0.29, 0.717) is 12.4 Å². The number of fused-ring (bicyclic) bond motifs is 1. The summed E-state index contributed by atoms with van der Waals surface area (Å²) in [6.45, 7) is 0.509. The lowest BCUT2D eigenvalue weighted by molar-refractivity contribution is -0.125. The van der Waals surface area contributed by atoms with Crippen molar-refractivity contribution < 1.29 is 9.59 Å². The van der Waals surface area contributed by atoms with Crippen LogP contribution >= 0.6 is 0 Å². The van der Waals surface area contributed by atoms with Gasteiger partial charge in [0.25, 0.3) is 0 Å². The fourth-order valence-electron chi connectivity index (χ4n) is 3.56. The Kier molecular flexibility index (Phi) is 6.59. The zero-order valence-electron chi connectivity index (χ0n) is 18.6. The number of carbonyl (C=O) groups excluding carboxylic acids is 2. The average Bonchev–Trinajstić information content (AvgIpc) is 3.14. The Bertz CT molecular complexity index is 1290. The molecule has 7 nitrogen and oxygen atoms in total. The van der Waals surface area contributed by atoms with Gasteiger partial charge in [0.2, 0.25) is 11.8 Å². The first kappa shape index (κ1) is 22.0. The second-order valence-electron chi connectivity index (χ2n) is 7.84. The Morgan fingerprint density at radius 3 is 2.61 bits per heavy atom. The van der Waals surface area contributed by atoms with Crippen LogP contribution in [0.4, 0.5) is 5.82 Å². The summed E-state index contributed by atoms with van der Waals surface area (Å²) in [6.07, 6.45) is 8.43. The minimum atomic E-state index is -0.151. The molecule has 3 heterocycles. The van der Waals surface area contributed by atoms with Crippen molar-refractivity contribution in [2.75, 3.05) is 12.4 Å². The van der Waals surface area contributed by atoms with Crippen LogP contribution in [0.3, 0.4) is 0 Å². The first-order valence-corrected chi connectivity index (χ1v) is 10.6. The zero-order chi connectivity index (χ0) is 23.2. The SMILES string of the molecule is CN(Cc1cc2ccccc2n1C)C(=O)C=Cc1ccc(NC(=O)Cc2ccncc2)nc1. The number of anilines is 1. The third kappa shape index (κ3) is 5.51. The molecule has 1 N–H and O–H groups in total. The summed E-state index contributed by atoms with van der Waals surface area (Å²) < 4.78 is 2.11. The highest BCUT2D eigenvalue weighted by atomic mass is 16.2. The average molecular weight is 440 g/mol. The van der Waals surface area contributed by atoms with Crippen LogP contribution < -0.4 is 5.32 Å². The molecule has 0 radical (unpaired) electrons. The summed E-state index contributed by atoms with van der Waals surface area (Å²) in [5.74, 6) is 0.211. The number of hydrogen-bond acceptors (Lipinski definition) is 4. The summed E-state index contributed by atoms with van der Waals surface area (Å²) in [4.78, 5) is 34.6. The smallest absolute Gasteiger partial charge is 0.246 e. The maximum absolute atomic E-state index is 12.6. The quantitative estimate of drug-likeness (QED) is 0.444. The molecule has 4 aromatic rings. The normalized spacial score (nSPS) is 11.1. The molecule has 0 saturated carbocycles. The predicted octanol–water partition coefficient (Wildman–Crippen LogP) is 3.82. The number of amides is 2. The number of likely N-dealkylation sites (N-methyl/N-ethyl adjacent to an activating group) is 1. The summed E-state index contributed by atoms with van der Waals surface area (Å²) in [7, 11) is 3.79. The molecule has 33 heavy (non-hydrogen) atoms. The van der Waals surface area contributed by atoms with Gasteiger partial charge in [0.05, 0.1) is 13.0 Å². The van der Waals surface area contributed by atoms with Crippen LogP contribution in [0.1, 0.15) is 16.8 Å². The highest BCUT2D eigenvalue weighted by Gasteiger charge is 2.11. The number of pyridine rings is 2. The van der Waals surface area contributed by atoms with Gasteiger partial charge < -0.3 is 14.8 Å². The van der Waals surface area contributed by atoms with E-state index in [1.54, 1.807) is 54.8 Å². The Morgan fingerprint density at radius 2 is 1.88 bits per heavy atom. The van der Waals surface area contributed by atoms with E-state index in [1.165, 1.54) is 6.08 Å². The molecular formula is C26H25N5O2. The van der Waals surface area contributed by atoms with Crippen molar-refractivity contribution in [2.45, 2.75) is 13.0 Å². The van der Waals surface area contributed by atoms with Crippen LogP contribution in [0.2, 0.25) is 0 Å². The second-order valence-corrected chi connectivity index (χ2v) is 7.84. The number of aromatic nitrogens is 3. The number of hydrogen-bond donors (Lipinski definition) is 1. The first-order chi connectivity index (χ1) is 16.0. The van der Waals surface area contributed by atoms with Crippen molar-refractivity contribution >= 4 is 34.6 Å². The van der Waals surface area contributed by atoms with E-state index < -0.39 is 0 Å². The number of aryl methyl sites for hydroxylation is 1. The van der Waals surface area contributed by atoms with E-state index >= 15 is 0 Å². The van der Waals surface area contributed by atoms with Gasteiger partial charge in [0.15, 0.2) is 0 Å². The Labute approximate surface area is 192 Å². The molecule has 0 spiro atoms. The molecule has 166 valence electrons. The minimum Gasteiger partial charge on any atom is -0.346 e. The molecule has 0 saturated heterocycles. The van der Waals surface area contributed by atoms with Gasteiger partial charge in [-0.05, 0) is 59.0 Å². The zero-order valence-corrected chi connectivity index (χ0v) is 18.6. The standard InChI is InChI=1S/C26H25N5O2/c1-30(18-22-16-21-5-3-4-6-23(21)31(22)2)26(33)10-8-20-7-9-24(28-17-20)29-25(32)15-19-11-13-27-14-12-19/h3-14,16-17H,15,18H2,1-2H3,(H,28,29,32). The van der Waals surface area contributed by atoms with Crippen LogP contribution in [0.15, 0.2) is 79.3 Å². The molecule has 4 rings (SSSR count). The van der Waals surface area contributed by atoms with Crippen molar-refractivity contribution in [3.8, 4) is 0 Å². The van der Waals surface area contributed by atoms with E-state index in [9.17, 15) is 9.59 Å². The molecular weight excluding hydrogens is 414 g/mol. The summed E-state index contributed by atoms with van der Waals surface area (Å²) in [5.41, 5.74) is 3.86. The lowest BCUT2D eigenvalue weighted by Crippen LogP contribution is -2.25. The van der Waals surface area contributed by atoms with E-state index in [0.717, 1.165) is 27.7 Å². The molecule has 0 fully saturated rings. The number of carbonyl (C=O) groups is 2. The van der Waals surface area contributed by atoms with Gasteiger partial charge in [-0.1, -0.05) is 18.2 Å². The summed E-state index contributed by atoms with van der Waals surface area (Å²) >= 11 is 0. The Balaban J connectivity index is 1.32. The molecule has 1 aromatic carbocycles. The van der Waals surface area contributed by atoms with Crippen molar-refractivity contribution in [1.82, 2.24) is 19.4 Å². The highest BCUT2D eigenvalue weighted by molar-refractivity contribution is 5.92. The predicted molar refractivity (Wildman–Crippen MR) is 129 cm³/mol. The lowest BCUT2D eigenvalue weighted by Gasteiger charge is -2.15. The van der Waals surface area contributed by atoms with E-state index in [-0.39, 0.29) is 18.2 Å². The number of rotatable bonds is 7. The van der Waals surface area contributed by atoms with Crippen molar-refractivity contribution in [2.24, 2.45) is 7.05 Å². The Hall–Kier alpha value is -4.26. The summed E-state index contributed by atoms with van der Waals surface area (Å²) in [6, 6.07) is 17.4. The van der Waals surface area contributed by atoms with Gasteiger partial charge in [0, 0.05) is 50.0 Å². The summed E-state index contributed by atoms with van der Waals surface area (Å²) in [5, 5.41) is 3.93.